The van der Waals surface area contributed by atoms with Gasteiger partial charge in [0, 0.05) is 24.7 Å². The van der Waals surface area contributed by atoms with E-state index in [-0.39, 0.29) is 35.9 Å². The lowest BCUT2D eigenvalue weighted by Crippen LogP contribution is -2.40. The Morgan fingerprint density at radius 2 is 1.69 bits per heavy atom. The van der Waals surface area contributed by atoms with Crippen LogP contribution in [0, 0.1) is 0 Å². The number of hydrogen-bond donors (Lipinski definition) is 0. The topological polar surface area (TPSA) is 98.8 Å². The van der Waals surface area contributed by atoms with Gasteiger partial charge >= 0.3 is 5.76 Å². The number of morpholine rings is 1. The van der Waals surface area contributed by atoms with Crippen LogP contribution in [0.5, 0.6) is 0 Å². The van der Waals surface area contributed by atoms with Crippen LogP contribution in [0.2, 0.25) is 0 Å². The number of oxazole rings is 1. The van der Waals surface area contributed by atoms with Gasteiger partial charge in [-0.2, -0.15) is 4.31 Å². The molecule has 0 bridgehead atoms. The molecule has 0 N–H and O–H groups in total. The van der Waals surface area contributed by atoms with Gasteiger partial charge in [0.2, 0.25) is 10.0 Å². The lowest BCUT2D eigenvalue weighted by molar-refractivity contribution is 0.0730. The summed E-state index contributed by atoms with van der Waals surface area (Å²) in [6, 6.07) is 17.3. The van der Waals surface area contributed by atoms with Crippen LogP contribution in [-0.4, -0.2) is 49.4 Å². The minimum atomic E-state index is -3.73. The van der Waals surface area contributed by atoms with Crippen LogP contribution in [-0.2, 0) is 21.3 Å². The van der Waals surface area contributed by atoms with Gasteiger partial charge in [0.05, 0.1) is 30.2 Å². The van der Waals surface area contributed by atoms with Gasteiger partial charge in [0.15, 0.2) is 11.4 Å². The van der Waals surface area contributed by atoms with E-state index >= 15 is 0 Å². The summed E-state index contributed by atoms with van der Waals surface area (Å²) in [4.78, 5) is 25.4. The molecule has 0 unspecified atom stereocenters. The van der Waals surface area contributed by atoms with Gasteiger partial charge < -0.3 is 9.15 Å². The molecule has 4 aromatic rings. The number of carbonyl (C=O) groups excluding carboxylic acids is 1. The van der Waals surface area contributed by atoms with Crippen LogP contribution in [0.3, 0.4) is 0 Å². The smallest absolute Gasteiger partial charge is 0.408 e. The first kappa shape index (κ1) is 20.6. The number of hydrogen-bond acceptors (Lipinski definition) is 6. The first-order valence-corrected chi connectivity index (χ1v) is 11.6. The first-order chi connectivity index (χ1) is 15.4. The molecule has 32 heavy (non-hydrogen) atoms. The summed E-state index contributed by atoms with van der Waals surface area (Å²) in [7, 11) is -3.73. The Bertz CT molecular complexity index is 1500. The van der Waals surface area contributed by atoms with E-state index in [1.165, 1.54) is 27.1 Å². The zero-order valence-electron chi connectivity index (χ0n) is 17.1. The summed E-state index contributed by atoms with van der Waals surface area (Å²) in [6.45, 7) is 1.00. The van der Waals surface area contributed by atoms with E-state index in [4.69, 9.17) is 9.15 Å². The summed E-state index contributed by atoms with van der Waals surface area (Å²) in [5.74, 6) is -0.958. The molecule has 0 spiro atoms. The first-order valence-electron chi connectivity index (χ1n) is 10.2. The Hall–Kier alpha value is -3.27. The molecule has 0 radical (unpaired) electrons. The molecule has 8 nitrogen and oxygen atoms in total. The Kier molecular flexibility index (Phi) is 5.16. The minimum absolute atomic E-state index is 0.0358. The second-order valence-corrected chi connectivity index (χ2v) is 9.52. The van der Waals surface area contributed by atoms with Crippen molar-refractivity contribution in [2.75, 3.05) is 26.3 Å². The minimum Gasteiger partial charge on any atom is -0.408 e. The Morgan fingerprint density at radius 1 is 0.938 bits per heavy atom. The van der Waals surface area contributed by atoms with Crippen LogP contribution in [0.4, 0.5) is 0 Å². The predicted molar refractivity (Wildman–Crippen MR) is 118 cm³/mol. The van der Waals surface area contributed by atoms with E-state index < -0.39 is 15.8 Å². The lowest BCUT2D eigenvalue weighted by atomic mass is 10.0. The van der Waals surface area contributed by atoms with Crippen LogP contribution >= 0.6 is 0 Å². The number of ether oxygens (including phenoxy) is 1. The van der Waals surface area contributed by atoms with Crippen LogP contribution in [0.1, 0.15) is 10.4 Å². The van der Waals surface area contributed by atoms with Gasteiger partial charge in [-0.3, -0.25) is 9.36 Å². The molecule has 1 aliphatic heterocycles. The highest BCUT2D eigenvalue weighted by Crippen LogP contribution is 2.23. The number of sulfonamides is 1. The summed E-state index contributed by atoms with van der Waals surface area (Å²) in [5, 5.41) is 1.95. The maximum absolute atomic E-state index is 12.9. The fourth-order valence-electron chi connectivity index (χ4n) is 3.89. The maximum atomic E-state index is 12.9. The maximum Gasteiger partial charge on any atom is 0.420 e. The molecule has 5 rings (SSSR count). The van der Waals surface area contributed by atoms with Crippen LogP contribution < -0.4 is 5.76 Å². The molecule has 0 saturated carbocycles. The van der Waals surface area contributed by atoms with Gasteiger partial charge in [-0.05, 0) is 29.0 Å². The van der Waals surface area contributed by atoms with E-state index in [0.717, 1.165) is 10.8 Å². The highest BCUT2D eigenvalue weighted by Gasteiger charge is 2.27. The molecule has 9 heteroatoms. The zero-order chi connectivity index (χ0) is 22.3. The standard InChI is InChI=1S/C23H20N2O6S/c26-21(18-6-5-16-3-1-2-4-17(16)13-18)15-25-20-8-7-19(14-22(20)31-23(25)27)32(28,29)24-9-11-30-12-10-24/h1-8,13-14H,9-12,15H2. The fourth-order valence-corrected chi connectivity index (χ4v) is 5.31. The fraction of sp³-hybridized carbons (Fsp3) is 0.217. The van der Waals surface area contributed by atoms with E-state index in [2.05, 4.69) is 0 Å². The number of rotatable bonds is 5. The molecule has 2 heterocycles. The molecule has 1 aliphatic rings. The molecular weight excluding hydrogens is 432 g/mol. The number of fused-ring (bicyclic) bond motifs is 2. The molecule has 0 atom stereocenters. The van der Waals surface area contributed by atoms with E-state index in [9.17, 15) is 18.0 Å². The third-order valence-corrected chi connectivity index (χ3v) is 7.52. The number of Topliss-reactive ketones (excluding diaryl/α,β-unsaturated/α-hetero) is 1. The SMILES string of the molecule is O=C(Cn1c(=O)oc2cc(S(=O)(=O)N3CCOCC3)ccc21)c1ccc2ccccc2c1. The molecule has 164 valence electrons. The molecule has 1 fully saturated rings. The quantitative estimate of drug-likeness (QED) is 0.432. The largest absolute Gasteiger partial charge is 0.420 e. The van der Waals surface area contributed by atoms with Crippen molar-refractivity contribution in [3.05, 3.63) is 76.8 Å². The number of aromatic nitrogens is 1. The molecule has 1 saturated heterocycles. The van der Waals surface area contributed by atoms with Gasteiger partial charge in [-0.1, -0.05) is 36.4 Å². The second kappa shape index (κ2) is 8.01. The number of ketones is 1. The van der Waals surface area contributed by atoms with Crippen molar-refractivity contribution in [3.63, 3.8) is 0 Å². The van der Waals surface area contributed by atoms with Crippen LogP contribution in [0.25, 0.3) is 21.9 Å². The van der Waals surface area contributed by atoms with Crippen molar-refractivity contribution in [1.29, 1.82) is 0 Å². The normalized spacial score (nSPS) is 15.4. The van der Waals surface area contributed by atoms with E-state index in [1.807, 2.05) is 30.3 Å². The monoisotopic (exact) mass is 452 g/mol. The predicted octanol–water partition coefficient (Wildman–Crippen LogP) is 2.65. The van der Waals surface area contributed by atoms with E-state index in [1.54, 1.807) is 12.1 Å². The van der Waals surface area contributed by atoms with Gasteiger partial charge in [-0.25, -0.2) is 13.2 Å². The molecule has 3 aromatic carbocycles. The van der Waals surface area contributed by atoms with Crippen molar-refractivity contribution in [2.24, 2.45) is 0 Å². The molecule has 1 aromatic heterocycles. The summed E-state index contributed by atoms with van der Waals surface area (Å²) in [5.41, 5.74) is 0.970. The Labute approximate surface area is 183 Å². The highest BCUT2D eigenvalue weighted by atomic mass is 32.2. The summed E-state index contributed by atoms with van der Waals surface area (Å²) >= 11 is 0. The number of benzene rings is 3. The number of nitrogens with zero attached hydrogens (tertiary/aromatic N) is 2. The summed E-state index contributed by atoms with van der Waals surface area (Å²) in [6.07, 6.45) is 0. The number of carbonyl (C=O) groups is 1. The van der Waals surface area contributed by atoms with Crippen molar-refractivity contribution in [3.8, 4) is 0 Å². The van der Waals surface area contributed by atoms with Gasteiger partial charge in [0.1, 0.15) is 0 Å². The molecule has 0 aliphatic carbocycles. The van der Waals surface area contributed by atoms with Gasteiger partial charge in [0.25, 0.3) is 0 Å². The zero-order valence-corrected chi connectivity index (χ0v) is 17.9. The van der Waals surface area contributed by atoms with Gasteiger partial charge in [-0.15, -0.1) is 0 Å². The Morgan fingerprint density at radius 3 is 2.47 bits per heavy atom. The third-order valence-electron chi connectivity index (χ3n) is 5.62. The van der Waals surface area contributed by atoms with Crippen LogP contribution in [0.15, 0.2) is 74.8 Å². The van der Waals surface area contributed by atoms with E-state index in [0.29, 0.717) is 24.3 Å². The van der Waals surface area contributed by atoms with Crippen molar-refractivity contribution < 1.29 is 22.4 Å². The highest BCUT2D eigenvalue weighted by molar-refractivity contribution is 7.89. The lowest BCUT2D eigenvalue weighted by Gasteiger charge is -2.25. The molecule has 0 amide bonds. The van der Waals surface area contributed by atoms with Crippen molar-refractivity contribution in [1.82, 2.24) is 8.87 Å². The summed E-state index contributed by atoms with van der Waals surface area (Å²) < 4.78 is 38.8. The van der Waals surface area contributed by atoms with Crippen molar-refractivity contribution >= 4 is 37.7 Å². The third kappa shape index (κ3) is 3.64. The average molecular weight is 452 g/mol. The Balaban J connectivity index is 1.46. The van der Waals surface area contributed by atoms with Crippen molar-refractivity contribution in [2.45, 2.75) is 11.4 Å². The average Bonchev–Trinajstić information content (AvgIpc) is 3.13. The molecular formula is C23H20N2O6S. The second-order valence-electron chi connectivity index (χ2n) is 7.59.